The highest BCUT2D eigenvalue weighted by Crippen LogP contribution is 2.49. The Hall–Kier alpha value is -4.75. The summed E-state index contributed by atoms with van der Waals surface area (Å²) >= 11 is 6.55. The Bertz CT molecular complexity index is 1920. The van der Waals surface area contributed by atoms with Gasteiger partial charge in [-0.05, 0) is 37.1 Å². The zero-order chi connectivity index (χ0) is 32.6. The highest BCUT2D eigenvalue weighted by Gasteiger charge is 2.38. The van der Waals surface area contributed by atoms with Gasteiger partial charge in [0.1, 0.15) is 0 Å². The van der Waals surface area contributed by atoms with Gasteiger partial charge in [0, 0.05) is 47.6 Å². The predicted octanol–water partition coefficient (Wildman–Crippen LogP) is 6.43. The molecule has 14 heteroatoms. The number of aromatic nitrogens is 4. The van der Waals surface area contributed by atoms with E-state index in [9.17, 15) is 23.1 Å². The first-order valence-corrected chi connectivity index (χ1v) is 14.8. The molecule has 2 aromatic carbocycles. The van der Waals surface area contributed by atoms with E-state index in [-0.39, 0.29) is 11.5 Å². The average Bonchev–Trinajstić information content (AvgIpc) is 3.38. The summed E-state index contributed by atoms with van der Waals surface area (Å²) in [5, 5.41) is 22.7. The molecular weight excluding hydrogens is 627 g/mol. The van der Waals surface area contributed by atoms with Gasteiger partial charge < -0.3 is 19.8 Å². The number of aromatic carboxylic acids is 1. The Labute approximate surface area is 265 Å². The lowest BCUT2D eigenvalue weighted by atomic mass is 9.71. The van der Waals surface area contributed by atoms with Crippen molar-refractivity contribution in [3.8, 4) is 11.3 Å². The number of alkyl halides is 3. The molecule has 238 valence electrons. The zero-order valence-electron chi connectivity index (χ0n) is 24.1. The SMILES string of the molecule is O=C(O)C(F)(F)F.O=C(O)c1ccc(-c2c([C@H]3C[C@H](c4ccc5ccccc5n4)C3)nc3c(N4CCOCC4)cc(Cl)nn23)cc1. The van der Waals surface area contributed by atoms with Gasteiger partial charge >= 0.3 is 18.1 Å². The van der Waals surface area contributed by atoms with Crippen LogP contribution in [0.1, 0.15) is 46.4 Å². The Balaban J connectivity index is 0.000000480. The third-order valence-electron chi connectivity index (χ3n) is 8.12. The number of para-hydroxylation sites is 1. The maximum absolute atomic E-state index is 11.5. The molecule has 0 radical (unpaired) electrons. The summed E-state index contributed by atoms with van der Waals surface area (Å²) in [5.41, 5.74) is 6.71. The van der Waals surface area contributed by atoms with Crippen molar-refractivity contribution in [2.75, 3.05) is 31.2 Å². The van der Waals surface area contributed by atoms with Crippen LogP contribution in [0.2, 0.25) is 5.15 Å². The molecule has 46 heavy (non-hydrogen) atoms. The van der Waals surface area contributed by atoms with Gasteiger partial charge in [-0.1, -0.05) is 48.0 Å². The fourth-order valence-electron chi connectivity index (χ4n) is 5.75. The van der Waals surface area contributed by atoms with Crippen molar-refractivity contribution in [2.24, 2.45) is 0 Å². The molecule has 3 aromatic heterocycles. The minimum Gasteiger partial charge on any atom is -0.478 e. The number of anilines is 1. The number of halogens is 4. The number of imidazole rings is 1. The van der Waals surface area contributed by atoms with Crippen LogP contribution in [0.15, 0.2) is 66.7 Å². The van der Waals surface area contributed by atoms with E-state index in [4.69, 9.17) is 36.2 Å². The highest BCUT2D eigenvalue weighted by molar-refractivity contribution is 6.29. The minimum atomic E-state index is -5.08. The van der Waals surface area contributed by atoms with Gasteiger partial charge in [0.25, 0.3) is 0 Å². The van der Waals surface area contributed by atoms with Crippen molar-refractivity contribution in [3.63, 3.8) is 0 Å². The first kappa shape index (κ1) is 31.2. The van der Waals surface area contributed by atoms with Crippen LogP contribution in [0, 0.1) is 0 Å². The van der Waals surface area contributed by atoms with E-state index in [1.54, 1.807) is 12.1 Å². The summed E-state index contributed by atoms with van der Waals surface area (Å²) in [4.78, 5) is 32.7. The molecule has 5 aromatic rings. The minimum absolute atomic E-state index is 0.218. The summed E-state index contributed by atoms with van der Waals surface area (Å²) < 4.78 is 39.1. The van der Waals surface area contributed by atoms with E-state index in [0.29, 0.717) is 24.3 Å². The van der Waals surface area contributed by atoms with Crippen molar-refractivity contribution in [1.29, 1.82) is 0 Å². The van der Waals surface area contributed by atoms with Gasteiger partial charge in [0.05, 0.1) is 41.4 Å². The van der Waals surface area contributed by atoms with Gasteiger partial charge in [0.2, 0.25) is 0 Å². The number of carbonyl (C=O) groups is 2. The first-order valence-electron chi connectivity index (χ1n) is 14.4. The summed E-state index contributed by atoms with van der Waals surface area (Å²) in [5.74, 6) is -3.15. The number of carboxylic acids is 2. The summed E-state index contributed by atoms with van der Waals surface area (Å²) in [6, 6.07) is 21.2. The number of nitrogens with zero attached hydrogens (tertiary/aromatic N) is 5. The molecule has 2 fully saturated rings. The molecule has 1 saturated carbocycles. The smallest absolute Gasteiger partial charge is 0.478 e. The molecule has 7 rings (SSSR count). The number of pyridine rings is 1. The lowest BCUT2D eigenvalue weighted by Gasteiger charge is -2.34. The fourth-order valence-corrected chi connectivity index (χ4v) is 5.93. The summed E-state index contributed by atoms with van der Waals surface area (Å²) in [6.45, 7) is 2.79. The molecule has 2 N–H and O–H groups in total. The molecule has 0 unspecified atom stereocenters. The van der Waals surface area contributed by atoms with Crippen LogP contribution in [-0.4, -0.2) is 74.2 Å². The van der Waals surface area contributed by atoms with Crippen LogP contribution in [0.4, 0.5) is 18.9 Å². The van der Waals surface area contributed by atoms with E-state index in [1.807, 2.05) is 34.8 Å². The molecule has 1 aliphatic heterocycles. The number of aliphatic carboxylic acids is 1. The second kappa shape index (κ2) is 12.6. The Morgan fingerprint density at radius 3 is 2.24 bits per heavy atom. The fraction of sp³-hybridized carbons (Fsp3) is 0.281. The van der Waals surface area contributed by atoms with Crippen LogP contribution >= 0.6 is 11.6 Å². The third kappa shape index (κ3) is 6.33. The maximum Gasteiger partial charge on any atom is 0.490 e. The number of benzene rings is 2. The monoisotopic (exact) mass is 653 g/mol. The molecule has 0 bridgehead atoms. The van der Waals surface area contributed by atoms with E-state index >= 15 is 0 Å². The molecule has 1 saturated heterocycles. The summed E-state index contributed by atoms with van der Waals surface area (Å²) in [7, 11) is 0. The standard InChI is InChI=1S/C30H26ClN5O3.C2HF3O2/c31-26-17-25(35-11-13-39-14-12-35)29-33-27(28(36(29)34-26)19-5-7-20(8-6-19)30(37)38)22-15-21(16-22)24-10-9-18-3-1-2-4-23(18)32-24;3-2(4,5)1(6)7/h1-10,17,21-22H,11-16H2,(H,37,38);(H,6,7)/t21-,22-;. The van der Waals surface area contributed by atoms with Gasteiger partial charge in [-0.25, -0.2) is 19.1 Å². The van der Waals surface area contributed by atoms with Crippen molar-refractivity contribution < 1.29 is 37.7 Å². The molecule has 2 aliphatic rings. The Morgan fingerprint density at radius 1 is 0.913 bits per heavy atom. The number of carboxylic acid groups (broad SMARTS) is 2. The summed E-state index contributed by atoms with van der Waals surface area (Å²) in [6.07, 6.45) is -3.23. The zero-order valence-corrected chi connectivity index (χ0v) is 24.9. The van der Waals surface area contributed by atoms with Gasteiger partial charge in [-0.15, -0.1) is 0 Å². The van der Waals surface area contributed by atoms with E-state index in [2.05, 4.69) is 34.3 Å². The molecule has 0 atom stereocenters. The predicted molar refractivity (Wildman–Crippen MR) is 164 cm³/mol. The largest absolute Gasteiger partial charge is 0.490 e. The third-order valence-corrected chi connectivity index (χ3v) is 8.31. The topological polar surface area (TPSA) is 130 Å². The van der Waals surface area contributed by atoms with Crippen LogP contribution < -0.4 is 4.90 Å². The van der Waals surface area contributed by atoms with Crippen LogP contribution in [0.25, 0.3) is 27.8 Å². The molecular formula is C32H27ClF3N5O5. The molecule has 0 amide bonds. The van der Waals surface area contributed by atoms with Gasteiger partial charge in [-0.3, -0.25) is 4.98 Å². The molecule has 1 aliphatic carbocycles. The van der Waals surface area contributed by atoms with Crippen LogP contribution in [0.5, 0.6) is 0 Å². The van der Waals surface area contributed by atoms with E-state index < -0.39 is 18.1 Å². The second-order valence-electron chi connectivity index (χ2n) is 11.0. The van der Waals surface area contributed by atoms with Crippen LogP contribution in [-0.2, 0) is 9.53 Å². The normalized spacial score (nSPS) is 18.1. The number of hydrogen-bond donors (Lipinski definition) is 2. The van der Waals surface area contributed by atoms with Crippen molar-refractivity contribution in [1.82, 2.24) is 19.6 Å². The number of fused-ring (bicyclic) bond motifs is 2. The Morgan fingerprint density at radius 2 is 1.59 bits per heavy atom. The number of rotatable bonds is 5. The first-order chi connectivity index (χ1) is 22.0. The van der Waals surface area contributed by atoms with Gasteiger partial charge in [-0.2, -0.15) is 18.3 Å². The van der Waals surface area contributed by atoms with E-state index in [1.165, 1.54) is 0 Å². The number of ether oxygens (including phenoxy) is 1. The maximum atomic E-state index is 11.5. The number of hydrogen-bond acceptors (Lipinski definition) is 7. The van der Waals surface area contributed by atoms with Crippen molar-refractivity contribution in [2.45, 2.75) is 30.9 Å². The quantitative estimate of drug-likeness (QED) is 0.220. The highest BCUT2D eigenvalue weighted by atomic mass is 35.5. The number of morpholine rings is 1. The van der Waals surface area contributed by atoms with Crippen molar-refractivity contribution in [3.05, 3.63) is 88.8 Å². The second-order valence-corrected chi connectivity index (χ2v) is 11.4. The molecule has 0 spiro atoms. The lowest BCUT2D eigenvalue weighted by Crippen LogP contribution is -2.36. The van der Waals surface area contributed by atoms with E-state index in [0.717, 1.165) is 70.8 Å². The lowest BCUT2D eigenvalue weighted by molar-refractivity contribution is -0.192. The van der Waals surface area contributed by atoms with Crippen molar-refractivity contribution >= 4 is 45.8 Å². The molecule has 10 nitrogen and oxygen atoms in total. The molecule has 4 heterocycles. The average molecular weight is 654 g/mol. The van der Waals surface area contributed by atoms with Gasteiger partial charge in [0.15, 0.2) is 10.8 Å². The van der Waals surface area contributed by atoms with Crippen LogP contribution in [0.3, 0.4) is 0 Å². The Kier molecular flexibility index (Phi) is 8.53.